The van der Waals surface area contributed by atoms with Crippen LogP contribution in [0.5, 0.6) is 0 Å². The van der Waals surface area contributed by atoms with Gasteiger partial charge in [-0.2, -0.15) is 15.0 Å². The smallest absolute Gasteiger partial charge is 0.325 e. The van der Waals surface area contributed by atoms with Crippen LogP contribution in [0.2, 0.25) is 0 Å². The zero-order valence-corrected chi connectivity index (χ0v) is 14.3. The standard InChI is InChI=1S/C13H20N8O3/c1-18(2)11-15-12(19(3)4)17-13(16-11)21-6-8(22)20(10(21)14)7-9(23)24-5/h14H,6-7H2,1-5H3. The van der Waals surface area contributed by atoms with Crippen molar-refractivity contribution in [3.63, 3.8) is 0 Å². The topological polar surface area (TPSA) is 119 Å². The Bertz CT molecular complexity index is 649. The lowest BCUT2D eigenvalue weighted by Gasteiger charge is -2.21. The summed E-state index contributed by atoms with van der Waals surface area (Å²) in [5.41, 5.74) is 0. The predicted octanol–water partition coefficient (Wildman–Crippen LogP) is -1.24. The van der Waals surface area contributed by atoms with Crippen LogP contribution < -0.4 is 14.7 Å². The molecule has 1 aromatic heterocycles. The number of aromatic nitrogens is 3. The van der Waals surface area contributed by atoms with Gasteiger partial charge in [0.05, 0.1) is 7.11 Å². The number of anilines is 3. The number of carbonyl (C=O) groups excluding carboxylic acids is 2. The highest BCUT2D eigenvalue weighted by molar-refractivity contribution is 6.13. The number of nitrogens with zero attached hydrogens (tertiary/aromatic N) is 7. The lowest BCUT2D eigenvalue weighted by molar-refractivity contribution is -0.143. The minimum atomic E-state index is -0.603. The van der Waals surface area contributed by atoms with Crippen molar-refractivity contribution >= 4 is 35.7 Å². The van der Waals surface area contributed by atoms with Crippen molar-refractivity contribution < 1.29 is 14.3 Å². The van der Waals surface area contributed by atoms with Gasteiger partial charge in [0.1, 0.15) is 13.1 Å². The average Bonchev–Trinajstić information content (AvgIpc) is 2.82. The number of hydrogen-bond acceptors (Lipinski definition) is 9. The summed E-state index contributed by atoms with van der Waals surface area (Å²) >= 11 is 0. The van der Waals surface area contributed by atoms with E-state index >= 15 is 0 Å². The maximum absolute atomic E-state index is 12.1. The van der Waals surface area contributed by atoms with Gasteiger partial charge >= 0.3 is 5.97 Å². The average molecular weight is 336 g/mol. The number of carbonyl (C=O) groups is 2. The number of guanidine groups is 1. The maximum atomic E-state index is 12.1. The van der Waals surface area contributed by atoms with Crippen molar-refractivity contribution in [2.24, 2.45) is 0 Å². The van der Waals surface area contributed by atoms with E-state index in [1.165, 1.54) is 12.0 Å². The van der Waals surface area contributed by atoms with E-state index in [-0.39, 0.29) is 25.0 Å². The van der Waals surface area contributed by atoms with Gasteiger partial charge in [0.2, 0.25) is 29.7 Å². The highest BCUT2D eigenvalue weighted by Crippen LogP contribution is 2.21. The fraction of sp³-hybridized carbons (Fsp3) is 0.538. The van der Waals surface area contributed by atoms with E-state index in [4.69, 9.17) is 5.41 Å². The second-order valence-electron chi connectivity index (χ2n) is 5.49. The molecule has 1 amide bonds. The molecule has 0 saturated carbocycles. The summed E-state index contributed by atoms with van der Waals surface area (Å²) in [6.07, 6.45) is 0. The first-order valence-electron chi connectivity index (χ1n) is 7.08. The van der Waals surface area contributed by atoms with Crippen molar-refractivity contribution in [2.75, 3.05) is 63.1 Å². The number of amides is 1. The van der Waals surface area contributed by atoms with Gasteiger partial charge in [-0.25, -0.2) is 0 Å². The first-order chi connectivity index (χ1) is 11.2. The molecule has 0 unspecified atom stereocenters. The predicted molar refractivity (Wildman–Crippen MR) is 87.3 cm³/mol. The Balaban J connectivity index is 2.36. The molecule has 1 saturated heterocycles. The molecule has 0 bridgehead atoms. The van der Waals surface area contributed by atoms with Crippen LogP contribution in [0.3, 0.4) is 0 Å². The zero-order chi connectivity index (χ0) is 18.0. The summed E-state index contributed by atoms with van der Waals surface area (Å²) in [5, 5.41) is 8.15. The number of ether oxygens (including phenoxy) is 1. The number of esters is 1. The minimum absolute atomic E-state index is 0.125. The Kier molecular flexibility index (Phi) is 4.81. The molecule has 0 radical (unpaired) electrons. The van der Waals surface area contributed by atoms with E-state index in [2.05, 4.69) is 19.7 Å². The molecule has 24 heavy (non-hydrogen) atoms. The third-order valence-corrected chi connectivity index (χ3v) is 3.26. The lowest BCUT2D eigenvalue weighted by Crippen LogP contribution is -2.38. The monoisotopic (exact) mass is 336 g/mol. The summed E-state index contributed by atoms with van der Waals surface area (Å²) in [4.78, 5) is 42.1. The van der Waals surface area contributed by atoms with Crippen LogP contribution in [0, 0.1) is 5.41 Å². The molecule has 1 N–H and O–H groups in total. The second-order valence-corrected chi connectivity index (χ2v) is 5.49. The highest BCUT2D eigenvalue weighted by atomic mass is 16.5. The van der Waals surface area contributed by atoms with Crippen LogP contribution in [-0.4, -0.2) is 86.1 Å². The molecule has 130 valence electrons. The molecule has 11 nitrogen and oxygen atoms in total. The van der Waals surface area contributed by atoms with Crippen molar-refractivity contribution in [2.45, 2.75) is 0 Å². The van der Waals surface area contributed by atoms with Crippen LogP contribution in [0.4, 0.5) is 17.8 Å². The van der Waals surface area contributed by atoms with Gasteiger partial charge in [-0.05, 0) is 0 Å². The molecule has 11 heteroatoms. The molecule has 2 heterocycles. The Hall–Kier alpha value is -2.98. The van der Waals surface area contributed by atoms with E-state index in [0.717, 1.165) is 4.90 Å². The third kappa shape index (κ3) is 3.34. The summed E-state index contributed by atoms with van der Waals surface area (Å²) in [6, 6.07) is 0. The van der Waals surface area contributed by atoms with Gasteiger partial charge in [0.15, 0.2) is 0 Å². The molecule has 1 aliphatic rings. The van der Waals surface area contributed by atoms with Gasteiger partial charge in [-0.3, -0.25) is 24.8 Å². The highest BCUT2D eigenvalue weighted by Gasteiger charge is 2.37. The van der Waals surface area contributed by atoms with E-state index in [0.29, 0.717) is 11.9 Å². The van der Waals surface area contributed by atoms with Gasteiger partial charge in [-0.1, -0.05) is 0 Å². The first kappa shape index (κ1) is 17.4. The van der Waals surface area contributed by atoms with E-state index in [1.54, 1.807) is 38.0 Å². The molecule has 2 rings (SSSR count). The van der Waals surface area contributed by atoms with Crippen molar-refractivity contribution in [1.29, 1.82) is 5.41 Å². The Morgan fingerprint density at radius 2 is 1.71 bits per heavy atom. The van der Waals surface area contributed by atoms with E-state index in [1.807, 2.05) is 0 Å². The summed E-state index contributed by atoms with van der Waals surface area (Å²) < 4.78 is 4.55. The molecular formula is C13H20N8O3. The zero-order valence-electron chi connectivity index (χ0n) is 14.3. The molecule has 1 fully saturated rings. The molecule has 1 aliphatic heterocycles. The number of hydrogen-bond donors (Lipinski definition) is 1. The third-order valence-electron chi connectivity index (χ3n) is 3.26. The molecule has 1 aromatic rings. The number of methoxy groups -OCH3 is 1. The molecular weight excluding hydrogens is 316 g/mol. The summed E-state index contributed by atoms with van der Waals surface area (Å²) in [6.45, 7) is -0.448. The van der Waals surface area contributed by atoms with Gasteiger partial charge in [0, 0.05) is 28.2 Å². The van der Waals surface area contributed by atoms with E-state index in [9.17, 15) is 9.59 Å². The normalized spacial score (nSPS) is 14.2. The summed E-state index contributed by atoms with van der Waals surface area (Å²) in [5.74, 6) is -0.211. The maximum Gasteiger partial charge on any atom is 0.325 e. The van der Waals surface area contributed by atoms with Crippen LogP contribution in [-0.2, 0) is 14.3 Å². The SMILES string of the molecule is COC(=O)CN1C(=N)N(c2nc(N(C)C)nc(N(C)C)n2)CC1=O. The van der Waals surface area contributed by atoms with Gasteiger partial charge in [0.25, 0.3) is 0 Å². The molecule has 0 spiro atoms. The second kappa shape index (κ2) is 6.64. The van der Waals surface area contributed by atoms with Crippen molar-refractivity contribution in [3.05, 3.63) is 0 Å². The molecule has 0 aliphatic carbocycles. The van der Waals surface area contributed by atoms with Crippen LogP contribution in [0.1, 0.15) is 0 Å². The number of rotatable bonds is 5. The van der Waals surface area contributed by atoms with Crippen molar-refractivity contribution in [3.8, 4) is 0 Å². The van der Waals surface area contributed by atoms with E-state index < -0.39 is 11.9 Å². The van der Waals surface area contributed by atoms with Crippen molar-refractivity contribution in [1.82, 2.24) is 19.9 Å². The van der Waals surface area contributed by atoms with Crippen LogP contribution in [0.15, 0.2) is 0 Å². The van der Waals surface area contributed by atoms with Gasteiger partial charge < -0.3 is 14.5 Å². The Morgan fingerprint density at radius 1 is 1.17 bits per heavy atom. The Labute approximate surface area is 139 Å². The first-order valence-corrected chi connectivity index (χ1v) is 7.08. The quantitative estimate of drug-likeness (QED) is 0.658. The van der Waals surface area contributed by atoms with Crippen LogP contribution >= 0.6 is 0 Å². The summed E-state index contributed by atoms with van der Waals surface area (Å²) in [7, 11) is 8.35. The fourth-order valence-electron chi connectivity index (χ4n) is 1.95. The minimum Gasteiger partial charge on any atom is -0.468 e. The largest absolute Gasteiger partial charge is 0.468 e. The number of nitrogens with one attached hydrogen (secondary N) is 1. The van der Waals surface area contributed by atoms with Gasteiger partial charge in [-0.15, -0.1) is 0 Å². The Morgan fingerprint density at radius 3 is 2.17 bits per heavy atom. The molecule has 0 atom stereocenters. The lowest BCUT2D eigenvalue weighted by atomic mass is 10.5. The van der Waals surface area contributed by atoms with Crippen LogP contribution in [0.25, 0.3) is 0 Å². The molecule has 0 aromatic carbocycles. The fourth-order valence-corrected chi connectivity index (χ4v) is 1.95.